The van der Waals surface area contributed by atoms with E-state index >= 15 is 0 Å². The lowest BCUT2D eigenvalue weighted by atomic mass is 10.0. The Bertz CT molecular complexity index is 515. The van der Waals surface area contributed by atoms with Crippen LogP contribution in [0.25, 0.3) is 0 Å². The van der Waals surface area contributed by atoms with Crippen LogP contribution >= 0.6 is 11.6 Å². The molecule has 1 aromatic rings. The molecule has 1 aliphatic rings. The Labute approximate surface area is 132 Å². The fourth-order valence-electron chi connectivity index (χ4n) is 2.78. The van der Waals surface area contributed by atoms with Crippen molar-refractivity contribution in [2.45, 2.75) is 52.9 Å². The molecule has 2 rings (SSSR count). The Kier molecular flexibility index (Phi) is 4.95. The molecule has 0 aliphatic carbocycles. The molecule has 0 radical (unpaired) electrons. The summed E-state index contributed by atoms with van der Waals surface area (Å²) < 4.78 is 0. The monoisotopic (exact) mass is 308 g/mol. The van der Waals surface area contributed by atoms with Gasteiger partial charge in [0, 0.05) is 11.1 Å². The largest absolute Gasteiger partial charge is 0.319 e. The molecule has 1 heterocycles. The number of carbonyl (C=O) groups excluding carboxylic acids is 1. The molecule has 3 atom stereocenters. The highest BCUT2D eigenvalue weighted by Crippen LogP contribution is 2.32. The molecule has 1 N–H and O–H groups in total. The number of amides is 1. The molecule has 1 amide bonds. The first kappa shape index (κ1) is 16.3. The summed E-state index contributed by atoms with van der Waals surface area (Å²) in [6, 6.07) is 7.81. The Balaban J connectivity index is 2.38. The summed E-state index contributed by atoms with van der Waals surface area (Å²) in [5.41, 5.74) is 1.05. The van der Waals surface area contributed by atoms with Crippen molar-refractivity contribution < 1.29 is 4.79 Å². The minimum atomic E-state index is -0.129. The van der Waals surface area contributed by atoms with E-state index < -0.39 is 0 Å². The van der Waals surface area contributed by atoms with Crippen molar-refractivity contribution in [1.29, 1.82) is 0 Å². The number of halogens is 1. The summed E-state index contributed by atoms with van der Waals surface area (Å²) in [7, 11) is 0. The highest BCUT2D eigenvalue weighted by atomic mass is 35.5. The smallest absolute Gasteiger partial charge is 0.241 e. The third-order valence-electron chi connectivity index (χ3n) is 4.37. The van der Waals surface area contributed by atoms with Crippen molar-refractivity contribution >= 4 is 17.5 Å². The standard InChI is InChI=1S/C17H25ClN2O/c1-10(2)12(5)20-16(13-7-6-8-14(18)9-13)19-15(11(3)4)17(20)21/h6-12,15-16,19H,1-5H3. The van der Waals surface area contributed by atoms with E-state index in [1.165, 1.54) is 0 Å². The normalized spacial score (nSPS) is 24.2. The summed E-state index contributed by atoms with van der Waals surface area (Å²) in [6.07, 6.45) is -0.0963. The molecule has 1 fully saturated rings. The lowest BCUT2D eigenvalue weighted by Gasteiger charge is -2.33. The van der Waals surface area contributed by atoms with E-state index in [4.69, 9.17) is 11.6 Å². The molecule has 0 saturated carbocycles. The quantitative estimate of drug-likeness (QED) is 0.916. The third-order valence-corrected chi connectivity index (χ3v) is 4.61. The van der Waals surface area contributed by atoms with Gasteiger partial charge in [0.15, 0.2) is 0 Å². The first-order valence-corrected chi connectivity index (χ1v) is 8.04. The molecule has 21 heavy (non-hydrogen) atoms. The molecule has 1 aliphatic heterocycles. The molecule has 3 nitrogen and oxygen atoms in total. The van der Waals surface area contributed by atoms with Crippen LogP contribution in [0.3, 0.4) is 0 Å². The molecule has 3 unspecified atom stereocenters. The number of rotatable bonds is 4. The average Bonchev–Trinajstić information content (AvgIpc) is 2.75. The lowest BCUT2D eigenvalue weighted by molar-refractivity contribution is -0.133. The first-order valence-electron chi connectivity index (χ1n) is 7.66. The van der Waals surface area contributed by atoms with Gasteiger partial charge < -0.3 is 4.90 Å². The third kappa shape index (κ3) is 3.24. The van der Waals surface area contributed by atoms with Crippen LogP contribution in [0.4, 0.5) is 0 Å². The van der Waals surface area contributed by atoms with Gasteiger partial charge in [0.1, 0.15) is 6.17 Å². The molecule has 4 heteroatoms. The van der Waals surface area contributed by atoms with Crippen LogP contribution in [-0.2, 0) is 4.79 Å². The lowest BCUT2D eigenvalue weighted by Crippen LogP contribution is -2.41. The van der Waals surface area contributed by atoms with Gasteiger partial charge in [-0.3, -0.25) is 10.1 Å². The molecule has 0 aromatic heterocycles. The second kappa shape index (κ2) is 6.37. The van der Waals surface area contributed by atoms with E-state index in [-0.39, 0.29) is 30.1 Å². The zero-order valence-electron chi connectivity index (χ0n) is 13.4. The Hall–Kier alpha value is -1.06. The van der Waals surface area contributed by atoms with Gasteiger partial charge in [-0.1, -0.05) is 51.4 Å². The van der Waals surface area contributed by atoms with E-state index in [0.29, 0.717) is 10.9 Å². The topological polar surface area (TPSA) is 32.3 Å². The zero-order valence-corrected chi connectivity index (χ0v) is 14.2. The number of carbonyl (C=O) groups is 1. The highest BCUT2D eigenvalue weighted by molar-refractivity contribution is 6.30. The van der Waals surface area contributed by atoms with Gasteiger partial charge >= 0.3 is 0 Å². The Morgan fingerprint density at radius 1 is 1.19 bits per heavy atom. The predicted octanol–water partition coefficient (Wildman–Crippen LogP) is 3.84. The fourth-order valence-corrected chi connectivity index (χ4v) is 2.98. The van der Waals surface area contributed by atoms with Crippen molar-refractivity contribution in [2.75, 3.05) is 0 Å². The van der Waals surface area contributed by atoms with E-state index in [0.717, 1.165) is 5.56 Å². The predicted molar refractivity (Wildman–Crippen MR) is 87.1 cm³/mol. The summed E-state index contributed by atoms with van der Waals surface area (Å²) in [5, 5.41) is 4.19. The maximum atomic E-state index is 12.8. The van der Waals surface area contributed by atoms with Crippen molar-refractivity contribution in [3.63, 3.8) is 0 Å². The van der Waals surface area contributed by atoms with Crippen LogP contribution in [-0.4, -0.2) is 22.9 Å². The summed E-state index contributed by atoms with van der Waals surface area (Å²) >= 11 is 6.12. The first-order chi connectivity index (χ1) is 9.82. The van der Waals surface area contributed by atoms with Crippen LogP contribution in [0, 0.1) is 11.8 Å². The van der Waals surface area contributed by atoms with Crippen molar-refractivity contribution in [3.05, 3.63) is 34.9 Å². The minimum Gasteiger partial charge on any atom is -0.319 e. The number of hydrogen-bond acceptors (Lipinski definition) is 2. The van der Waals surface area contributed by atoms with Crippen LogP contribution in [0.15, 0.2) is 24.3 Å². The summed E-state index contributed by atoms with van der Waals surface area (Å²) in [4.78, 5) is 14.8. The molecule has 1 aromatic carbocycles. The Morgan fingerprint density at radius 2 is 1.86 bits per heavy atom. The van der Waals surface area contributed by atoms with E-state index in [1.54, 1.807) is 0 Å². The van der Waals surface area contributed by atoms with Crippen molar-refractivity contribution in [2.24, 2.45) is 11.8 Å². The van der Waals surface area contributed by atoms with Crippen molar-refractivity contribution in [3.8, 4) is 0 Å². The number of nitrogens with one attached hydrogen (secondary N) is 1. The van der Waals surface area contributed by atoms with Crippen molar-refractivity contribution in [1.82, 2.24) is 10.2 Å². The van der Waals surface area contributed by atoms with Gasteiger partial charge in [0.05, 0.1) is 6.04 Å². The highest BCUT2D eigenvalue weighted by Gasteiger charge is 2.43. The van der Waals surface area contributed by atoms with Crippen LogP contribution in [0.1, 0.15) is 46.3 Å². The number of nitrogens with zero attached hydrogens (tertiary/aromatic N) is 1. The Morgan fingerprint density at radius 3 is 2.38 bits per heavy atom. The maximum absolute atomic E-state index is 12.8. The van der Waals surface area contributed by atoms with Gasteiger partial charge in [-0.15, -0.1) is 0 Å². The molecule has 1 saturated heterocycles. The maximum Gasteiger partial charge on any atom is 0.241 e. The summed E-state index contributed by atoms with van der Waals surface area (Å²) in [5.74, 6) is 0.864. The van der Waals surface area contributed by atoms with Crippen LogP contribution in [0.2, 0.25) is 5.02 Å². The average molecular weight is 309 g/mol. The zero-order chi connectivity index (χ0) is 15.7. The van der Waals surface area contributed by atoms with Gasteiger partial charge in [-0.05, 0) is 36.5 Å². The fraction of sp³-hybridized carbons (Fsp3) is 0.588. The van der Waals surface area contributed by atoms with E-state index in [2.05, 4.69) is 39.9 Å². The molecule has 0 bridgehead atoms. The number of benzene rings is 1. The van der Waals surface area contributed by atoms with E-state index in [9.17, 15) is 4.79 Å². The number of hydrogen-bond donors (Lipinski definition) is 1. The van der Waals surface area contributed by atoms with Crippen LogP contribution in [0.5, 0.6) is 0 Å². The SMILES string of the molecule is CC(C)C1NC(c2cccc(Cl)c2)N(C(C)C(C)C)C1=O. The minimum absolute atomic E-state index is 0.0963. The van der Waals surface area contributed by atoms with Gasteiger partial charge in [0.2, 0.25) is 5.91 Å². The van der Waals surface area contributed by atoms with Gasteiger partial charge in [0.25, 0.3) is 0 Å². The summed E-state index contributed by atoms with van der Waals surface area (Å²) in [6.45, 7) is 10.6. The van der Waals surface area contributed by atoms with E-state index in [1.807, 2.05) is 29.2 Å². The molecule has 0 spiro atoms. The second-order valence-corrected chi connectivity index (χ2v) is 7.01. The molecule has 116 valence electrons. The van der Waals surface area contributed by atoms with Crippen LogP contribution < -0.4 is 5.32 Å². The molecular weight excluding hydrogens is 284 g/mol. The van der Waals surface area contributed by atoms with Gasteiger partial charge in [-0.2, -0.15) is 0 Å². The van der Waals surface area contributed by atoms with Gasteiger partial charge in [-0.25, -0.2) is 0 Å². The second-order valence-electron chi connectivity index (χ2n) is 6.58. The molecular formula is C17H25ClN2O.